The average Bonchev–Trinajstić information content (AvgIpc) is 3.48. The van der Waals surface area contributed by atoms with E-state index in [2.05, 4.69) is 6.92 Å². The number of nitrogens with zero attached hydrogens (tertiary/aromatic N) is 1. The molecule has 1 fully saturated rings. The summed E-state index contributed by atoms with van der Waals surface area (Å²) in [5, 5.41) is 9.07. The molecule has 0 spiro atoms. The molecule has 2 aromatic carbocycles. The Hall–Kier alpha value is -2.66. The Labute approximate surface area is 158 Å². The summed E-state index contributed by atoms with van der Waals surface area (Å²) in [7, 11) is 0. The summed E-state index contributed by atoms with van der Waals surface area (Å²) >= 11 is 0. The number of anilines is 1. The van der Waals surface area contributed by atoms with Crippen LogP contribution in [0.25, 0.3) is 11.1 Å². The first kappa shape index (κ1) is 17.7. The molecule has 1 heterocycles. The van der Waals surface area contributed by atoms with Gasteiger partial charge in [-0.15, -0.1) is 0 Å². The number of carboxylic acids is 1. The summed E-state index contributed by atoms with van der Waals surface area (Å²) in [5.74, 6) is -0.138. The van der Waals surface area contributed by atoms with Crippen molar-refractivity contribution in [2.75, 3.05) is 4.90 Å². The van der Waals surface area contributed by atoms with Crippen LogP contribution < -0.4 is 10.6 Å². The van der Waals surface area contributed by atoms with E-state index in [1.165, 1.54) is 0 Å². The van der Waals surface area contributed by atoms with E-state index in [1.807, 2.05) is 23.1 Å². The third-order valence-corrected chi connectivity index (χ3v) is 5.96. The van der Waals surface area contributed by atoms with Gasteiger partial charge in [0.25, 0.3) is 0 Å². The highest BCUT2D eigenvalue weighted by Gasteiger charge is 2.46. The third kappa shape index (κ3) is 3.02. The van der Waals surface area contributed by atoms with E-state index in [4.69, 9.17) is 10.8 Å². The van der Waals surface area contributed by atoms with Gasteiger partial charge < -0.3 is 15.7 Å². The summed E-state index contributed by atoms with van der Waals surface area (Å²) in [6, 6.07) is 12.9. The maximum Gasteiger partial charge on any atom is 0.335 e. The lowest BCUT2D eigenvalue weighted by Crippen LogP contribution is -2.51. The molecule has 1 aliphatic heterocycles. The van der Waals surface area contributed by atoms with E-state index in [1.54, 1.807) is 31.2 Å². The number of aromatic carboxylic acids is 1. The molecule has 1 saturated carbocycles. The molecule has 1 amide bonds. The van der Waals surface area contributed by atoms with Gasteiger partial charge in [-0.05, 0) is 65.6 Å². The minimum absolute atomic E-state index is 0.0606. The lowest BCUT2D eigenvalue weighted by molar-refractivity contribution is -0.117. The smallest absolute Gasteiger partial charge is 0.335 e. The lowest BCUT2D eigenvalue weighted by atomic mass is 9.79. The molecule has 2 aliphatic rings. The van der Waals surface area contributed by atoms with Crippen LogP contribution in [-0.2, 0) is 4.79 Å². The fourth-order valence-corrected chi connectivity index (χ4v) is 4.37. The second-order valence-electron chi connectivity index (χ2n) is 7.76. The van der Waals surface area contributed by atoms with Crippen molar-refractivity contribution in [3.8, 4) is 11.1 Å². The molecule has 5 nitrogen and oxygen atoms in total. The van der Waals surface area contributed by atoms with Crippen LogP contribution in [0.15, 0.2) is 42.5 Å². The first-order chi connectivity index (χ1) is 12.9. The molecule has 0 aromatic heterocycles. The Morgan fingerprint density at radius 3 is 2.26 bits per heavy atom. The summed E-state index contributed by atoms with van der Waals surface area (Å²) in [5.41, 5.74) is 10.7. The number of carbonyl (C=O) groups is 2. The highest BCUT2D eigenvalue weighted by Crippen LogP contribution is 2.49. The number of amides is 1. The molecule has 0 radical (unpaired) electrons. The number of benzene rings is 2. The van der Waals surface area contributed by atoms with Crippen molar-refractivity contribution in [2.24, 2.45) is 17.6 Å². The van der Waals surface area contributed by atoms with Crippen LogP contribution in [0.4, 0.5) is 5.69 Å². The number of carbonyl (C=O) groups excluding carboxylic acids is 1. The Balaban J connectivity index is 1.76. The van der Waals surface area contributed by atoms with Gasteiger partial charge in [0, 0.05) is 24.7 Å². The molecule has 1 aliphatic carbocycles. The number of carboxylic acid groups (broad SMARTS) is 1. The van der Waals surface area contributed by atoms with Gasteiger partial charge in [-0.1, -0.05) is 25.1 Å². The van der Waals surface area contributed by atoms with Gasteiger partial charge in [-0.3, -0.25) is 4.79 Å². The molecule has 3 atom stereocenters. The van der Waals surface area contributed by atoms with E-state index in [0.717, 1.165) is 35.2 Å². The molecule has 4 rings (SSSR count). The van der Waals surface area contributed by atoms with E-state index in [0.29, 0.717) is 5.92 Å². The Morgan fingerprint density at radius 1 is 1.07 bits per heavy atom. The highest BCUT2D eigenvalue weighted by molar-refractivity contribution is 5.94. The van der Waals surface area contributed by atoms with Gasteiger partial charge in [0.2, 0.25) is 5.91 Å². The zero-order chi connectivity index (χ0) is 19.3. The molecule has 1 unspecified atom stereocenters. The largest absolute Gasteiger partial charge is 0.478 e. The van der Waals surface area contributed by atoms with Gasteiger partial charge in [0.1, 0.15) is 0 Å². The Kier molecular flexibility index (Phi) is 4.27. The molecule has 5 heteroatoms. The maximum atomic E-state index is 12.4. The van der Waals surface area contributed by atoms with Gasteiger partial charge >= 0.3 is 5.97 Å². The standard InChI is InChI=1S/C22H24N2O3/c1-12-20(23)18-11-17(14-3-7-16(8-4-14)22(26)27)9-10-19(18)24(13(2)25)21(12)15-5-6-15/h3-4,7-12,15,20-21H,5-6,23H2,1-2H3,(H,26,27)/t12-,20-,21?/m1/s1. The number of rotatable bonds is 3. The number of hydrogen-bond donors (Lipinski definition) is 2. The molecular weight excluding hydrogens is 340 g/mol. The van der Waals surface area contributed by atoms with Crippen LogP contribution in [0.3, 0.4) is 0 Å². The minimum atomic E-state index is -0.939. The monoisotopic (exact) mass is 364 g/mol. The maximum absolute atomic E-state index is 12.4. The second-order valence-corrected chi connectivity index (χ2v) is 7.76. The van der Waals surface area contributed by atoms with Crippen LogP contribution in [0.2, 0.25) is 0 Å². The molecule has 0 saturated heterocycles. The van der Waals surface area contributed by atoms with Crippen molar-refractivity contribution in [1.82, 2.24) is 0 Å². The topological polar surface area (TPSA) is 83.6 Å². The van der Waals surface area contributed by atoms with Crippen molar-refractivity contribution in [2.45, 2.75) is 38.8 Å². The zero-order valence-electron chi connectivity index (χ0n) is 15.6. The first-order valence-electron chi connectivity index (χ1n) is 9.41. The van der Waals surface area contributed by atoms with Gasteiger partial charge in [0.15, 0.2) is 0 Å². The summed E-state index contributed by atoms with van der Waals surface area (Å²) in [6.07, 6.45) is 2.32. The SMILES string of the molecule is CC(=O)N1c2ccc(-c3ccc(C(=O)O)cc3)cc2[C@H](N)[C@@H](C)C1C1CC1. The molecule has 2 aromatic rings. The molecule has 0 bridgehead atoms. The lowest BCUT2D eigenvalue weighted by Gasteiger charge is -2.44. The number of fused-ring (bicyclic) bond motifs is 1. The summed E-state index contributed by atoms with van der Waals surface area (Å²) in [4.78, 5) is 25.4. The van der Waals surface area contributed by atoms with Crippen molar-refractivity contribution in [3.05, 3.63) is 53.6 Å². The van der Waals surface area contributed by atoms with Crippen LogP contribution >= 0.6 is 0 Å². The van der Waals surface area contributed by atoms with E-state index < -0.39 is 5.97 Å². The van der Waals surface area contributed by atoms with Gasteiger partial charge in [-0.25, -0.2) is 4.79 Å². The minimum Gasteiger partial charge on any atom is -0.478 e. The fourth-order valence-electron chi connectivity index (χ4n) is 4.37. The molecular formula is C22H24N2O3. The molecule has 27 heavy (non-hydrogen) atoms. The Morgan fingerprint density at radius 2 is 1.70 bits per heavy atom. The number of hydrogen-bond acceptors (Lipinski definition) is 3. The van der Waals surface area contributed by atoms with E-state index >= 15 is 0 Å². The Bertz CT molecular complexity index is 902. The summed E-state index contributed by atoms with van der Waals surface area (Å²) < 4.78 is 0. The molecule has 140 valence electrons. The van der Waals surface area contributed by atoms with Gasteiger partial charge in [0.05, 0.1) is 5.56 Å². The van der Waals surface area contributed by atoms with E-state index in [9.17, 15) is 9.59 Å². The average molecular weight is 364 g/mol. The van der Waals surface area contributed by atoms with Gasteiger partial charge in [-0.2, -0.15) is 0 Å². The van der Waals surface area contributed by atoms with Crippen LogP contribution in [0.5, 0.6) is 0 Å². The second kappa shape index (κ2) is 6.50. The first-order valence-corrected chi connectivity index (χ1v) is 9.41. The van der Waals surface area contributed by atoms with Crippen molar-refractivity contribution in [1.29, 1.82) is 0 Å². The fraction of sp³-hybridized carbons (Fsp3) is 0.364. The third-order valence-electron chi connectivity index (χ3n) is 5.96. The highest BCUT2D eigenvalue weighted by atomic mass is 16.4. The van der Waals surface area contributed by atoms with Crippen LogP contribution in [-0.4, -0.2) is 23.0 Å². The number of nitrogens with two attached hydrogens (primary N) is 1. The quantitative estimate of drug-likeness (QED) is 0.867. The zero-order valence-corrected chi connectivity index (χ0v) is 15.6. The predicted molar refractivity (Wildman–Crippen MR) is 105 cm³/mol. The summed E-state index contributed by atoms with van der Waals surface area (Å²) in [6.45, 7) is 3.77. The molecule has 3 N–H and O–H groups in total. The normalized spacial score (nSPS) is 24.4. The van der Waals surface area contributed by atoms with Crippen molar-refractivity contribution in [3.63, 3.8) is 0 Å². The van der Waals surface area contributed by atoms with Crippen LogP contribution in [0, 0.1) is 11.8 Å². The van der Waals surface area contributed by atoms with Crippen LogP contribution in [0.1, 0.15) is 48.7 Å². The van der Waals surface area contributed by atoms with Crippen molar-refractivity contribution >= 4 is 17.6 Å². The predicted octanol–water partition coefficient (Wildman–Crippen LogP) is 3.83. The van der Waals surface area contributed by atoms with Crippen molar-refractivity contribution < 1.29 is 14.7 Å². The van der Waals surface area contributed by atoms with E-state index in [-0.39, 0.29) is 29.5 Å².